The number of nitrogens with one attached hydrogen (secondary N) is 2. The molecule has 1 fully saturated rings. The molecule has 0 aromatic heterocycles. The molecule has 3 amide bonds. The van der Waals surface area contributed by atoms with Gasteiger partial charge < -0.3 is 19.9 Å². The Balaban J connectivity index is 0.00000364. The van der Waals surface area contributed by atoms with E-state index in [2.05, 4.69) is 10.6 Å². The molecule has 1 aromatic rings. The van der Waals surface area contributed by atoms with Crippen molar-refractivity contribution in [1.29, 1.82) is 0 Å². The van der Waals surface area contributed by atoms with Crippen molar-refractivity contribution in [3.05, 3.63) is 35.9 Å². The number of β-lactam (4-membered cyclic amide) rings is 1. The van der Waals surface area contributed by atoms with Crippen LogP contribution in [-0.4, -0.2) is 60.4 Å². The van der Waals surface area contributed by atoms with Gasteiger partial charge in [0, 0.05) is 7.11 Å². The van der Waals surface area contributed by atoms with E-state index in [0.29, 0.717) is 0 Å². The summed E-state index contributed by atoms with van der Waals surface area (Å²) in [5, 5.41) is 4.70. The molecule has 0 spiro atoms. The molecule has 10 nitrogen and oxygen atoms in total. The van der Waals surface area contributed by atoms with Crippen molar-refractivity contribution in [3.8, 4) is 0 Å². The van der Waals surface area contributed by atoms with Crippen LogP contribution < -0.4 is 40.2 Å². The predicted octanol–water partition coefficient (Wildman–Crippen LogP) is -4.50. The SMILES string of the molecule is COC1(NC(=O)[C@@H](C)NC(=O)Cc2ccccc2)CN(S(=O)(=O)[O-])C1=O.[Na+]. The maximum absolute atomic E-state index is 12.2. The number of carbonyl (C=O) groups excluding carboxylic acids is 3. The minimum Gasteiger partial charge on any atom is -0.731 e. The van der Waals surface area contributed by atoms with Gasteiger partial charge in [0.05, 0.1) is 13.0 Å². The molecule has 27 heavy (non-hydrogen) atoms. The van der Waals surface area contributed by atoms with Crippen LogP contribution in [-0.2, 0) is 35.8 Å². The molecule has 0 saturated carbocycles. The smallest absolute Gasteiger partial charge is 0.731 e. The van der Waals surface area contributed by atoms with Crippen molar-refractivity contribution < 1.29 is 61.6 Å². The Kier molecular flexibility index (Phi) is 7.96. The fraction of sp³-hybridized carbons (Fsp3) is 0.400. The van der Waals surface area contributed by atoms with Crippen LogP contribution in [0, 0.1) is 0 Å². The molecule has 2 N–H and O–H groups in total. The maximum Gasteiger partial charge on any atom is 1.00 e. The van der Waals surface area contributed by atoms with E-state index in [0.717, 1.165) is 12.7 Å². The first-order chi connectivity index (χ1) is 12.1. The van der Waals surface area contributed by atoms with Gasteiger partial charge in [-0.05, 0) is 12.5 Å². The zero-order valence-corrected chi connectivity index (χ0v) is 17.9. The van der Waals surface area contributed by atoms with Crippen LogP contribution in [0.3, 0.4) is 0 Å². The normalized spacial score (nSPS) is 20.1. The fourth-order valence-electron chi connectivity index (χ4n) is 2.37. The number of rotatable bonds is 7. The molecule has 1 aliphatic rings. The van der Waals surface area contributed by atoms with Gasteiger partial charge in [-0.2, -0.15) is 0 Å². The zero-order chi connectivity index (χ0) is 19.5. The number of methoxy groups -OCH3 is 1. The maximum atomic E-state index is 12.2. The monoisotopic (exact) mass is 407 g/mol. The number of hydrogen-bond acceptors (Lipinski definition) is 7. The molecule has 2 rings (SSSR count). The average molecular weight is 407 g/mol. The number of benzene rings is 1. The summed E-state index contributed by atoms with van der Waals surface area (Å²) in [5.74, 6) is -2.36. The van der Waals surface area contributed by atoms with Crippen LogP contribution in [0.1, 0.15) is 12.5 Å². The molecule has 0 radical (unpaired) electrons. The van der Waals surface area contributed by atoms with E-state index in [9.17, 15) is 27.4 Å². The van der Waals surface area contributed by atoms with E-state index in [1.165, 1.54) is 6.92 Å². The van der Waals surface area contributed by atoms with Crippen LogP contribution in [0.15, 0.2) is 30.3 Å². The number of amides is 3. The van der Waals surface area contributed by atoms with Crippen molar-refractivity contribution in [3.63, 3.8) is 0 Å². The molecule has 1 aromatic carbocycles. The van der Waals surface area contributed by atoms with E-state index in [1.807, 2.05) is 6.07 Å². The summed E-state index contributed by atoms with van der Waals surface area (Å²) in [6.45, 7) is 0.761. The van der Waals surface area contributed by atoms with Crippen LogP contribution in [0.4, 0.5) is 0 Å². The minimum atomic E-state index is -4.97. The van der Waals surface area contributed by atoms with E-state index >= 15 is 0 Å². The first-order valence-electron chi connectivity index (χ1n) is 7.57. The quantitative estimate of drug-likeness (QED) is 0.201. The number of ether oxygens (including phenoxy) is 1. The van der Waals surface area contributed by atoms with E-state index in [1.54, 1.807) is 24.3 Å². The number of hydrogen-bond donors (Lipinski definition) is 2. The Morgan fingerprint density at radius 3 is 2.41 bits per heavy atom. The number of carbonyl (C=O) groups is 3. The molecular weight excluding hydrogens is 389 g/mol. The second-order valence-electron chi connectivity index (χ2n) is 5.74. The standard InChI is InChI=1S/C15H19N3O7S.Na/c1-10(16-12(19)8-11-6-4-3-5-7-11)13(20)17-15(25-2)9-18(14(15)21)26(22,23)24;/h3-7,10H,8-9H2,1-2H3,(H,16,19)(H,17,20)(H,22,23,24);/q;+1/p-1/t10-,15?;/m1./s1. The third-order valence-electron chi connectivity index (χ3n) is 3.86. The zero-order valence-electron chi connectivity index (χ0n) is 15.1. The molecule has 0 aliphatic carbocycles. The van der Waals surface area contributed by atoms with Gasteiger partial charge >= 0.3 is 29.6 Å². The molecular formula is C15H18N3NaO7S. The predicted molar refractivity (Wildman–Crippen MR) is 87.0 cm³/mol. The second kappa shape index (κ2) is 9.13. The summed E-state index contributed by atoms with van der Waals surface area (Å²) in [6, 6.07) is 7.87. The van der Waals surface area contributed by atoms with E-state index in [-0.39, 0.29) is 40.3 Å². The average Bonchev–Trinajstić information content (AvgIpc) is 2.57. The summed E-state index contributed by atoms with van der Waals surface area (Å²) in [4.78, 5) is 36.1. The number of nitrogens with zero attached hydrogens (tertiary/aromatic N) is 1. The van der Waals surface area contributed by atoms with Crippen LogP contribution in [0.25, 0.3) is 0 Å². The van der Waals surface area contributed by atoms with Gasteiger partial charge in [-0.15, -0.1) is 0 Å². The summed E-state index contributed by atoms with van der Waals surface area (Å²) in [7, 11) is -3.88. The molecule has 12 heteroatoms. The molecule has 0 bridgehead atoms. The summed E-state index contributed by atoms with van der Waals surface area (Å²) in [6.07, 6.45) is 0.0645. The van der Waals surface area contributed by atoms with Crippen molar-refractivity contribution in [2.24, 2.45) is 0 Å². The minimum absolute atomic E-state index is 0. The van der Waals surface area contributed by atoms with Gasteiger partial charge in [0.1, 0.15) is 6.04 Å². The van der Waals surface area contributed by atoms with Crippen LogP contribution >= 0.6 is 0 Å². The van der Waals surface area contributed by atoms with Gasteiger partial charge in [-0.1, -0.05) is 30.3 Å². The Hall–Kier alpha value is -1.50. The third-order valence-corrected chi connectivity index (χ3v) is 4.69. The van der Waals surface area contributed by atoms with Crippen LogP contribution in [0.2, 0.25) is 0 Å². The van der Waals surface area contributed by atoms with Crippen molar-refractivity contribution in [2.45, 2.75) is 25.1 Å². The van der Waals surface area contributed by atoms with Crippen molar-refractivity contribution >= 4 is 28.0 Å². The topological polar surface area (TPSA) is 145 Å². The molecule has 2 atom stereocenters. The Bertz CT molecular complexity index is 818. The second-order valence-corrected chi connectivity index (χ2v) is 7.04. The molecule has 1 saturated heterocycles. The van der Waals surface area contributed by atoms with E-state index in [4.69, 9.17) is 4.74 Å². The van der Waals surface area contributed by atoms with Gasteiger partial charge in [0.15, 0.2) is 10.3 Å². The molecule has 1 heterocycles. The molecule has 1 aliphatic heterocycles. The van der Waals surface area contributed by atoms with Gasteiger partial charge in [0.25, 0.3) is 5.91 Å². The summed E-state index contributed by atoms with van der Waals surface area (Å²) in [5.41, 5.74) is -1.18. The van der Waals surface area contributed by atoms with Crippen molar-refractivity contribution in [1.82, 2.24) is 14.9 Å². The third kappa shape index (κ3) is 5.50. The summed E-state index contributed by atoms with van der Waals surface area (Å²) >= 11 is 0. The van der Waals surface area contributed by atoms with Crippen LogP contribution in [0.5, 0.6) is 0 Å². The summed E-state index contributed by atoms with van der Waals surface area (Å²) < 4.78 is 37.6. The van der Waals surface area contributed by atoms with E-state index < -0.39 is 46.3 Å². The van der Waals surface area contributed by atoms with Gasteiger partial charge in [0.2, 0.25) is 17.5 Å². The first-order valence-corrected chi connectivity index (χ1v) is 8.94. The first kappa shape index (κ1) is 23.5. The molecule has 1 unspecified atom stereocenters. The fourth-order valence-corrected chi connectivity index (χ4v) is 3.07. The Morgan fingerprint density at radius 1 is 1.33 bits per heavy atom. The van der Waals surface area contributed by atoms with Gasteiger partial charge in [-0.25, -0.2) is 12.7 Å². The Morgan fingerprint density at radius 2 is 1.93 bits per heavy atom. The Labute approximate surface area is 178 Å². The molecule has 142 valence electrons. The van der Waals surface area contributed by atoms with Crippen molar-refractivity contribution in [2.75, 3.05) is 13.7 Å². The van der Waals surface area contributed by atoms with Gasteiger partial charge in [-0.3, -0.25) is 14.4 Å². The largest absolute Gasteiger partial charge is 1.00 e.